The van der Waals surface area contributed by atoms with Gasteiger partial charge in [-0.25, -0.2) is 4.39 Å². The summed E-state index contributed by atoms with van der Waals surface area (Å²) in [6, 6.07) is 10.5. The lowest BCUT2D eigenvalue weighted by atomic mass is 10.1. The number of tetrazole rings is 1. The SMILES string of the molecule is Cc1c(Cn2nnc(-c3cccc(C(F)(F)F)c3)n2)noc1-c1ccc(F)cc1. The molecular formula is C19H13F4N5O. The van der Waals surface area contributed by atoms with Crippen molar-refractivity contribution in [1.29, 1.82) is 0 Å². The monoisotopic (exact) mass is 403 g/mol. The van der Waals surface area contributed by atoms with E-state index in [9.17, 15) is 17.6 Å². The number of aromatic nitrogens is 5. The summed E-state index contributed by atoms with van der Waals surface area (Å²) in [6.07, 6.45) is -4.46. The number of hydrogen-bond acceptors (Lipinski definition) is 5. The largest absolute Gasteiger partial charge is 0.416 e. The maximum absolute atomic E-state index is 13.1. The fraction of sp³-hybridized carbons (Fsp3) is 0.158. The molecule has 0 atom stereocenters. The minimum atomic E-state index is -4.46. The number of nitrogens with zero attached hydrogens (tertiary/aromatic N) is 5. The van der Waals surface area contributed by atoms with Crippen LogP contribution in [0.1, 0.15) is 16.8 Å². The van der Waals surface area contributed by atoms with Gasteiger partial charge in [0.15, 0.2) is 5.76 Å². The molecule has 0 aliphatic heterocycles. The van der Waals surface area contributed by atoms with E-state index in [1.165, 1.54) is 29.1 Å². The van der Waals surface area contributed by atoms with Crippen LogP contribution in [0, 0.1) is 12.7 Å². The van der Waals surface area contributed by atoms with Gasteiger partial charge in [0.1, 0.15) is 18.1 Å². The molecule has 0 bridgehead atoms. The summed E-state index contributed by atoms with van der Waals surface area (Å²) < 4.78 is 57.1. The zero-order chi connectivity index (χ0) is 20.6. The third-order valence-electron chi connectivity index (χ3n) is 4.32. The van der Waals surface area contributed by atoms with Crippen molar-refractivity contribution in [1.82, 2.24) is 25.4 Å². The van der Waals surface area contributed by atoms with E-state index in [-0.39, 0.29) is 23.7 Å². The first-order valence-electron chi connectivity index (χ1n) is 8.48. The average Bonchev–Trinajstić information content (AvgIpc) is 3.30. The van der Waals surface area contributed by atoms with Crippen molar-refractivity contribution in [2.75, 3.05) is 0 Å². The topological polar surface area (TPSA) is 69.6 Å². The Morgan fingerprint density at radius 1 is 1.03 bits per heavy atom. The number of hydrogen-bond donors (Lipinski definition) is 0. The number of halogens is 4. The lowest BCUT2D eigenvalue weighted by Crippen LogP contribution is -2.06. The Kier molecular flexibility index (Phi) is 4.61. The predicted octanol–water partition coefficient (Wildman–Crippen LogP) is 4.51. The maximum atomic E-state index is 13.1. The van der Waals surface area contributed by atoms with Crippen LogP contribution in [-0.2, 0) is 12.7 Å². The second-order valence-corrected chi connectivity index (χ2v) is 6.31. The molecule has 10 heteroatoms. The van der Waals surface area contributed by atoms with E-state index >= 15 is 0 Å². The fourth-order valence-corrected chi connectivity index (χ4v) is 2.78. The molecule has 0 N–H and O–H groups in total. The number of benzene rings is 2. The third-order valence-corrected chi connectivity index (χ3v) is 4.32. The minimum absolute atomic E-state index is 0.0657. The molecule has 4 rings (SSSR count). The number of rotatable bonds is 4. The molecule has 6 nitrogen and oxygen atoms in total. The molecule has 0 spiro atoms. The minimum Gasteiger partial charge on any atom is -0.356 e. The molecule has 0 aliphatic carbocycles. The van der Waals surface area contributed by atoms with Gasteiger partial charge in [-0.1, -0.05) is 17.3 Å². The lowest BCUT2D eigenvalue weighted by Gasteiger charge is -2.06. The Bertz CT molecular complexity index is 1150. The van der Waals surface area contributed by atoms with Crippen LogP contribution in [0.3, 0.4) is 0 Å². The Balaban J connectivity index is 1.57. The van der Waals surface area contributed by atoms with Gasteiger partial charge in [-0.2, -0.15) is 18.0 Å². The first kappa shape index (κ1) is 18.8. The summed E-state index contributed by atoms with van der Waals surface area (Å²) in [4.78, 5) is 1.22. The van der Waals surface area contributed by atoms with Crippen LogP contribution in [0.25, 0.3) is 22.7 Å². The van der Waals surface area contributed by atoms with E-state index in [1.807, 2.05) is 0 Å². The highest BCUT2D eigenvalue weighted by Gasteiger charge is 2.30. The molecule has 0 aliphatic rings. The van der Waals surface area contributed by atoms with Crippen LogP contribution in [0.2, 0.25) is 0 Å². The average molecular weight is 403 g/mol. The van der Waals surface area contributed by atoms with Crippen molar-refractivity contribution < 1.29 is 22.1 Å². The van der Waals surface area contributed by atoms with Crippen LogP contribution in [0.5, 0.6) is 0 Å². The molecule has 29 heavy (non-hydrogen) atoms. The molecule has 0 saturated carbocycles. The molecule has 0 saturated heterocycles. The molecule has 2 heterocycles. The normalized spacial score (nSPS) is 11.8. The van der Waals surface area contributed by atoms with Gasteiger partial charge in [0.05, 0.1) is 5.56 Å². The Morgan fingerprint density at radius 2 is 1.79 bits per heavy atom. The second-order valence-electron chi connectivity index (χ2n) is 6.31. The molecule has 2 aromatic carbocycles. The summed E-state index contributed by atoms with van der Waals surface area (Å²) in [6.45, 7) is 1.90. The molecule has 2 aromatic heterocycles. The van der Waals surface area contributed by atoms with Crippen molar-refractivity contribution in [3.63, 3.8) is 0 Å². The lowest BCUT2D eigenvalue weighted by molar-refractivity contribution is -0.137. The van der Waals surface area contributed by atoms with Crippen molar-refractivity contribution in [2.45, 2.75) is 19.6 Å². The first-order valence-corrected chi connectivity index (χ1v) is 8.48. The Morgan fingerprint density at radius 3 is 2.52 bits per heavy atom. The predicted molar refractivity (Wildman–Crippen MR) is 94.0 cm³/mol. The quantitative estimate of drug-likeness (QED) is 0.469. The second kappa shape index (κ2) is 7.12. The van der Waals surface area contributed by atoms with Gasteiger partial charge in [0.2, 0.25) is 5.82 Å². The van der Waals surface area contributed by atoms with Crippen LogP contribution >= 0.6 is 0 Å². The Hall–Kier alpha value is -3.56. The maximum Gasteiger partial charge on any atom is 0.416 e. The summed E-state index contributed by atoms with van der Waals surface area (Å²) in [5.74, 6) is 0.189. The highest BCUT2D eigenvalue weighted by atomic mass is 19.4. The molecule has 148 valence electrons. The molecule has 0 amide bonds. The van der Waals surface area contributed by atoms with Crippen LogP contribution in [0.15, 0.2) is 53.1 Å². The van der Waals surface area contributed by atoms with E-state index in [0.717, 1.165) is 17.7 Å². The van der Waals surface area contributed by atoms with E-state index in [1.54, 1.807) is 19.1 Å². The summed E-state index contributed by atoms with van der Waals surface area (Å²) in [5.41, 5.74) is 1.32. The van der Waals surface area contributed by atoms with Gasteiger partial charge in [-0.15, -0.1) is 10.2 Å². The van der Waals surface area contributed by atoms with Crippen molar-refractivity contribution in [3.05, 3.63) is 71.2 Å². The zero-order valence-electron chi connectivity index (χ0n) is 15.0. The molecule has 0 unspecified atom stereocenters. The summed E-state index contributed by atoms with van der Waals surface area (Å²) >= 11 is 0. The van der Waals surface area contributed by atoms with Gasteiger partial charge in [-0.3, -0.25) is 0 Å². The number of alkyl halides is 3. The van der Waals surface area contributed by atoms with E-state index in [2.05, 4.69) is 20.6 Å². The summed E-state index contributed by atoms with van der Waals surface area (Å²) in [7, 11) is 0. The molecule has 0 fully saturated rings. The van der Waals surface area contributed by atoms with Crippen molar-refractivity contribution >= 4 is 0 Å². The highest BCUT2D eigenvalue weighted by molar-refractivity contribution is 5.61. The smallest absolute Gasteiger partial charge is 0.356 e. The third kappa shape index (κ3) is 3.86. The standard InChI is InChI=1S/C19H13F4N5O/c1-11-16(26-29-17(11)12-5-7-15(20)8-6-12)10-28-25-18(24-27-28)13-3-2-4-14(9-13)19(21,22)23/h2-9H,10H2,1H3. The fourth-order valence-electron chi connectivity index (χ4n) is 2.78. The van der Waals surface area contributed by atoms with Gasteiger partial charge in [0.25, 0.3) is 0 Å². The van der Waals surface area contributed by atoms with Crippen LogP contribution < -0.4 is 0 Å². The molecular weight excluding hydrogens is 390 g/mol. The Labute approximate surface area is 161 Å². The van der Waals surface area contributed by atoms with Gasteiger partial charge < -0.3 is 4.52 Å². The van der Waals surface area contributed by atoms with Gasteiger partial charge >= 0.3 is 6.18 Å². The van der Waals surface area contributed by atoms with E-state index < -0.39 is 11.7 Å². The van der Waals surface area contributed by atoms with Crippen LogP contribution in [-0.4, -0.2) is 25.4 Å². The van der Waals surface area contributed by atoms with Gasteiger partial charge in [-0.05, 0) is 48.5 Å². The van der Waals surface area contributed by atoms with E-state index in [0.29, 0.717) is 17.0 Å². The van der Waals surface area contributed by atoms with Crippen LogP contribution in [0.4, 0.5) is 17.6 Å². The highest BCUT2D eigenvalue weighted by Crippen LogP contribution is 2.31. The molecule has 0 radical (unpaired) electrons. The zero-order valence-corrected chi connectivity index (χ0v) is 15.0. The first-order chi connectivity index (χ1) is 13.8. The molecule has 4 aromatic rings. The van der Waals surface area contributed by atoms with E-state index in [4.69, 9.17) is 4.52 Å². The van der Waals surface area contributed by atoms with Gasteiger partial charge in [0, 0.05) is 16.7 Å². The summed E-state index contributed by atoms with van der Waals surface area (Å²) in [5, 5.41) is 15.8. The van der Waals surface area contributed by atoms with Crippen molar-refractivity contribution in [2.24, 2.45) is 0 Å². The van der Waals surface area contributed by atoms with Crippen molar-refractivity contribution in [3.8, 4) is 22.7 Å².